The Hall–Kier alpha value is -3.77. The number of ether oxygens (including phenoxy) is 1. The summed E-state index contributed by atoms with van der Waals surface area (Å²) < 4.78 is 60.4. The van der Waals surface area contributed by atoms with Crippen LogP contribution in [0.3, 0.4) is 0 Å². The summed E-state index contributed by atoms with van der Waals surface area (Å²) in [7, 11) is -7.03. The van der Waals surface area contributed by atoms with Gasteiger partial charge in [0.2, 0.25) is 0 Å². The van der Waals surface area contributed by atoms with Crippen LogP contribution in [-0.4, -0.2) is 40.1 Å². The number of rotatable bonds is 8. The molecule has 0 aromatic heterocycles. The van der Waals surface area contributed by atoms with E-state index in [1.807, 2.05) is 0 Å². The summed E-state index contributed by atoms with van der Waals surface area (Å²) in [5.41, 5.74) is -0.318. The normalized spacial score (nSPS) is 11.5. The lowest BCUT2D eigenvalue weighted by Crippen LogP contribution is -2.16. The van der Waals surface area contributed by atoms with Gasteiger partial charge in [-0.25, -0.2) is 21.6 Å². The van der Waals surface area contributed by atoms with Gasteiger partial charge in [-0.15, -0.1) is 0 Å². The van der Waals surface area contributed by atoms with Crippen LogP contribution in [0.1, 0.15) is 10.4 Å². The third-order valence-electron chi connectivity index (χ3n) is 4.29. The standard InChI is InChI=1S/C20H18N2O8S2/c1-30-19-5-3-2-4-16(19)21-32(28,29)15-10-11-18(23)17(12-15)22-31(26,27)14-8-6-13(7-9-14)20(24)25/h2-12,21-23H,1H3,(H,24,25). The Morgan fingerprint density at radius 1 is 0.812 bits per heavy atom. The average Bonchev–Trinajstić information content (AvgIpc) is 2.75. The molecule has 0 aliphatic rings. The van der Waals surface area contributed by atoms with Gasteiger partial charge in [-0.1, -0.05) is 12.1 Å². The minimum atomic E-state index is -4.25. The SMILES string of the molecule is COc1ccccc1NS(=O)(=O)c1ccc(O)c(NS(=O)(=O)c2ccc(C(=O)O)cc2)c1. The van der Waals surface area contributed by atoms with Crippen molar-refractivity contribution in [3.05, 3.63) is 72.3 Å². The van der Waals surface area contributed by atoms with Gasteiger partial charge < -0.3 is 14.9 Å². The third kappa shape index (κ3) is 4.92. The van der Waals surface area contributed by atoms with Gasteiger partial charge in [0.25, 0.3) is 20.0 Å². The Balaban J connectivity index is 1.92. The number of methoxy groups -OCH3 is 1. The van der Waals surface area contributed by atoms with E-state index in [4.69, 9.17) is 9.84 Å². The van der Waals surface area contributed by atoms with Crippen LogP contribution in [-0.2, 0) is 20.0 Å². The van der Waals surface area contributed by atoms with Crippen molar-refractivity contribution < 1.29 is 36.6 Å². The molecule has 0 spiro atoms. The number of aromatic carboxylic acids is 1. The van der Waals surface area contributed by atoms with Crippen LogP contribution < -0.4 is 14.2 Å². The van der Waals surface area contributed by atoms with E-state index >= 15 is 0 Å². The number of hydrogen-bond acceptors (Lipinski definition) is 7. The largest absolute Gasteiger partial charge is 0.506 e. The molecule has 3 aromatic carbocycles. The number of carboxylic acid groups (broad SMARTS) is 1. The van der Waals surface area contributed by atoms with Crippen LogP contribution in [0.4, 0.5) is 11.4 Å². The van der Waals surface area contributed by atoms with Crippen LogP contribution >= 0.6 is 0 Å². The monoisotopic (exact) mass is 478 g/mol. The smallest absolute Gasteiger partial charge is 0.335 e. The van der Waals surface area contributed by atoms with Crippen LogP contribution in [0.2, 0.25) is 0 Å². The van der Waals surface area contributed by atoms with Gasteiger partial charge in [-0.2, -0.15) is 0 Å². The van der Waals surface area contributed by atoms with Crippen molar-refractivity contribution in [2.45, 2.75) is 9.79 Å². The van der Waals surface area contributed by atoms with Crippen molar-refractivity contribution in [3.8, 4) is 11.5 Å². The molecule has 32 heavy (non-hydrogen) atoms. The maximum absolute atomic E-state index is 12.8. The molecule has 0 heterocycles. The number of anilines is 2. The minimum absolute atomic E-state index is 0.109. The van der Waals surface area contributed by atoms with Gasteiger partial charge in [-0.05, 0) is 54.6 Å². The first kappa shape index (κ1) is 22.9. The number of phenolic OH excluding ortho intramolecular Hbond substituents is 1. The molecule has 0 atom stereocenters. The molecule has 0 unspecified atom stereocenters. The fourth-order valence-corrected chi connectivity index (χ4v) is 4.84. The molecule has 0 amide bonds. The molecule has 0 saturated carbocycles. The van der Waals surface area contributed by atoms with E-state index in [0.29, 0.717) is 0 Å². The highest BCUT2D eigenvalue weighted by molar-refractivity contribution is 7.93. The van der Waals surface area contributed by atoms with Crippen molar-refractivity contribution in [3.63, 3.8) is 0 Å². The molecule has 0 fully saturated rings. The van der Waals surface area contributed by atoms with E-state index in [9.17, 15) is 26.7 Å². The first-order chi connectivity index (χ1) is 15.0. The summed E-state index contributed by atoms with van der Waals surface area (Å²) in [6.45, 7) is 0. The summed E-state index contributed by atoms with van der Waals surface area (Å²) in [6.07, 6.45) is 0. The number of carbonyl (C=O) groups is 1. The average molecular weight is 479 g/mol. The molecule has 3 aromatic rings. The number of phenols is 1. The Morgan fingerprint density at radius 3 is 2.00 bits per heavy atom. The molecular formula is C20H18N2O8S2. The van der Waals surface area contributed by atoms with Crippen molar-refractivity contribution in [2.75, 3.05) is 16.6 Å². The fraction of sp³-hybridized carbons (Fsp3) is 0.0500. The molecule has 0 bridgehead atoms. The first-order valence-corrected chi connectivity index (χ1v) is 11.8. The van der Waals surface area contributed by atoms with Gasteiger partial charge in [0.15, 0.2) is 0 Å². The predicted octanol–water partition coefficient (Wildman–Crippen LogP) is 2.70. The number of para-hydroxylation sites is 2. The second kappa shape index (κ2) is 8.77. The van der Waals surface area contributed by atoms with Crippen molar-refractivity contribution in [2.24, 2.45) is 0 Å². The summed E-state index contributed by atoms with van der Waals surface area (Å²) >= 11 is 0. The van der Waals surface area contributed by atoms with Crippen molar-refractivity contribution >= 4 is 37.4 Å². The van der Waals surface area contributed by atoms with Crippen LogP contribution in [0.25, 0.3) is 0 Å². The van der Waals surface area contributed by atoms with E-state index in [1.54, 1.807) is 18.2 Å². The lowest BCUT2D eigenvalue weighted by molar-refractivity contribution is 0.0696. The number of aromatic hydroxyl groups is 1. The van der Waals surface area contributed by atoms with Gasteiger partial charge in [-0.3, -0.25) is 9.44 Å². The molecule has 0 aliphatic heterocycles. The molecule has 0 radical (unpaired) electrons. The van der Waals surface area contributed by atoms with Gasteiger partial charge in [0.1, 0.15) is 11.5 Å². The van der Waals surface area contributed by atoms with Gasteiger partial charge >= 0.3 is 5.97 Å². The van der Waals surface area contributed by atoms with Crippen LogP contribution in [0.5, 0.6) is 11.5 Å². The minimum Gasteiger partial charge on any atom is -0.506 e. The third-order valence-corrected chi connectivity index (χ3v) is 7.03. The van der Waals surface area contributed by atoms with E-state index < -0.39 is 31.8 Å². The zero-order chi connectivity index (χ0) is 23.5. The Kier molecular flexibility index (Phi) is 6.27. The molecule has 0 aliphatic carbocycles. The zero-order valence-corrected chi connectivity index (χ0v) is 18.1. The highest BCUT2D eigenvalue weighted by atomic mass is 32.2. The fourth-order valence-electron chi connectivity index (χ4n) is 2.68. The maximum Gasteiger partial charge on any atom is 0.335 e. The molecule has 12 heteroatoms. The molecule has 3 rings (SSSR count). The van der Waals surface area contributed by atoms with Gasteiger partial charge in [0, 0.05) is 0 Å². The van der Waals surface area contributed by atoms with E-state index in [-0.39, 0.29) is 32.5 Å². The first-order valence-electron chi connectivity index (χ1n) is 8.88. The van der Waals surface area contributed by atoms with Crippen LogP contribution in [0.15, 0.2) is 76.5 Å². The lowest BCUT2D eigenvalue weighted by Gasteiger charge is -2.14. The number of hydrogen-bond donors (Lipinski definition) is 4. The van der Waals surface area contributed by atoms with E-state index in [0.717, 1.165) is 42.5 Å². The Morgan fingerprint density at radius 2 is 1.38 bits per heavy atom. The van der Waals surface area contributed by atoms with E-state index in [1.165, 1.54) is 13.2 Å². The number of sulfonamides is 2. The summed E-state index contributed by atoms with van der Waals surface area (Å²) in [4.78, 5) is 10.3. The highest BCUT2D eigenvalue weighted by Gasteiger charge is 2.21. The maximum atomic E-state index is 12.8. The second-order valence-electron chi connectivity index (χ2n) is 6.42. The van der Waals surface area contributed by atoms with Gasteiger partial charge in [0.05, 0.1) is 33.8 Å². The summed E-state index contributed by atoms with van der Waals surface area (Å²) in [5, 5.41) is 19.0. The van der Waals surface area contributed by atoms with Crippen LogP contribution in [0, 0.1) is 0 Å². The zero-order valence-electron chi connectivity index (χ0n) is 16.5. The quantitative estimate of drug-likeness (QED) is 0.360. The molecule has 10 nitrogen and oxygen atoms in total. The Labute approximate surface area is 184 Å². The summed E-state index contributed by atoms with van der Waals surface area (Å²) in [5.74, 6) is -1.45. The number of benzene rings is 3. The topological polar surface area (TPSA) is 159 Å². The molecule has 168 valence electrons. The highest BCUT2D eigenvalue weighted by Crippen LogP contribution is 2.31. The Bertz CT molecular complexity index is 1370. The molecule has 0 saturated heterocycles. The lowest BCUT2D eigenvalue weighted by atomic mass is 10.2. The number of nitrogens with one attached hydrogen (secondary N) is 2. The second-order valence-corrected chi connectivity index (χ2v) is 9.78. The predicted molar refractivity (Wildman–Crippen MR) is 116 cm³/mol. The van der Waals surface area contributed by atoms with E-state index in [2.05, 4.69) is 9.44 Å². The number of carboxylic acids is 1. The molecular weight excluding hydrogens is 460 g/mol. The molecule has 4 N–H and O–H groups in total. The van der Waals surface area contributed by atoms with Crippen molar-refractivity contribution in [1.82, 2.24) is 0 Å². The van der Waals surface area contributed by atoms with Crippen molar-refractivity contribution in [1.29, 1.82) is 0 Å². The summed E-state index contributed by atoms with van der Waals surface area (Å²) in [6, 6.07) is 13.8.